The van der Waals surface area contributed by atoms with Crippen LogP contribution in [0.3, 0.4) is 0 Å². The molecular formula is C18H18N10Na2O7S3. The van der Waals surface area contributed by atoms with Crippen molar-refractivity contribution in [3.05, 3.63) is 22.3 Å². The van der Waals surface area contributed by atoms with Gasteiger partial charge in [-0.3, -0.25) is 14.5 Å². The molecule has 0 saturated carbocycles. The first-order chi connectivity index (χ1) is 17.9. The molecule has 1 saturated heterocycles. The average Bonchev–Trinajstić information content (AvgIpc) is 3.47. The third-order valence-corrected chi connectivity index (χ3v) is 8.23. The van der Waals surface area contributed by atoms with Gasteiger partial charge in [0.15, 0.2) is 16.4 Å². The standard InChI is InChI=1S/C18H20N10O7S3.2Na/c1-18(2,15(33)34)35-24-8(7-5-37-16(19)21-7)11(29)22-9-12(30)27-10(14(31)32)6(3-36-13(9)27)4-38-17-23-25-26-28(17)20;;/h5,9,13H,3-4,20H2,1-2H3,(H2,19,21)(H,22,29)(H,31,32)(H,33,34);;/q;2*+1/p-2/b24-8-;;/t9-,13+;;/m1../s1. The summed E-state index contributed by atoms with van der Waals surface area (Å²) in [5.41, 5.74) is 3.37. The predicted octanol–water partition coefficient (Wildman–Crippen LogP) is -10.1. The van der Waals surface area contributed by atoms with Gasteiger partial charge in [0.25, 0.3) is 11.8 Å². The Morgan fingerprint density at radius 3 is 2.58 bits per heavy atom. The Hall–Kier alpha value is -1.91. The van der Waals surface area contributed by atoms with Crippen molar-refractivity contribution >= 4 is 69.5 Å². The second-order valence-corrected chi connectivity index (χ2v) is 11.1. The number of tetrazole rings is 1. The summed E-state index contributed by atoms with van der Waals surface area (Å²) in [4.78, 5) is 60.2. The van der Waals surface area contributed by atoms with E-state index in [0.29, 0.717) is 5.57 Å². The molecule has 0 aromatic carbocycles. The fourth-order valence-corrected chi connectivity index (χ4v) is 6.05. The SMILES string of the molecule is CC(C)(O/N=C(\C(=O)N[C@@H]1C(=O)N2C(C(=O)[O-])=C(CSc3nnnn3N)CS[C@@H]12)c1csc(N)n1)C(=O)[O-].[Na+].[Na+]. The summed E-state index contributed by atoms with van der Waals surface area (Å²) in [6.07, 6.45) is 0. The van der Waals surface area contributed by atoms with Gasteiger partial charge in [-0.2, -0.15) is 0 Å². The van der Waals surface area contributed by atoms with Crippen LogP contribution in [0.5, 0.6) is 0 Å². The predicted molar refractivity (Wildman–Crippen MR) is 129 cm³/mol. The summed E-state index contributed by atoms with van der Waals surface area (Å²) in [6, 6.07) is -1.12. The monoisotopic (exact) mass is 628 g/mol. The largest absolute Gasteiger partial charge is 1.00 e. The fourth-order valence-electron chi connectivity index (χ4n) is 3.22. The molecule has 202 valence electrons. The van der Waals surface area contributed by atoms with Crippen LogP contribution < -0.4 is 86.2 Å². The number of hydrogen-bond donors (Lipinski definition) is 3. The van der Waals surface area contributed by atoms with Gasteiger partial charge < -0.3 is 41.5 Å². The van der Waals surface area contributed by atoms with Gasteiger partial charge in [-0.05, 0) is 29.8 Å². The van der Waals surface area contributed by atoms with Gasteiger partial charge in [0.2, 0.25) is 5.16 Å². The van der Waals surface area contributed by atoms with Crippen molar-refractivity contribution < 1.29 is 93.3 Å². The number of carboxylic acid groups (broad SMARTS) is 2. The number of rotatable bonds is 10. The second kappa shape index (κ2) is 13.8. The molecule has 2 aromatic rings. The number of amides is 2. The molecule has 0 bridgehead atoms. The van der Waals surface area contributed by atoms with E-state index in [2.05, 4.69) is 31.0 Å². The van der Waals surface area contributed by atoms with Crippen LogP contribution in [0.15, 0.2) is 27.0 Å². The second-order valence-electron chi connectivity index (χ2n) is 8.20. The molecule has 0 unspecified atom stereocenters. The van der Waals surface area contributed by atoms with Crippen LogP contribution >= 0.6 is 34.9 Å². The zero-order valence-electron chi connectivity index (χ0n) is 21.5. The van der Waals surface area contributed by atoms with E-state index in [0.717, 1.165) is 32.8 Å². The molecule has 40 heavy (non-hydrogen) atoms. The van der Waals surface area contributed by atoms with Gasteiger partial charge in [-0.25, -0.2) is 4.98 Å². The maximum atomic E-state index is 13.1. The summed E-state index contributed by atoms with van der Waals surface area (Å²) in [6.45, 7) is 2.33. The van der Waals surface area contributed by atoms with Crippen molar-refractivity contribution in [1.82, 2.24) is 35.5 Å². The van der Waals surface area contributed by atoms with E-state index in [1.807, 2.05) is 0 Å². The first kappa shape index (κ1) is 34.3. The zero-order chi connectivity index (χ0) is 27.8. The van der Waals surface area contributed by atoms with E-state index in [9.17, 15) is 29.4 Å². The topological polar surface area (TPSA) is 260 Å². The molecule has 0 spiro atoms. The first-order valence-corrected chi connectivity index (χ1v) is 13.4. The number of nitrogens with two attached hydrogens (primary N) is 2. The molecular weight excluding hydrogens is 610 g/mol. The van der Waals surface area contributed by atoms with Gasteiger partial charge >= 0.3 is 59.1 Å². The van der Waals surface area contributed by atoms with E-state index < -0.39 is 46.5 Å². The minimum Gasteiger partial charge on any atom is -0.546 e. The summed E-state index contributed by atoms with van der Waals surface area (Å²) < 4.78 is 0. The van der Waals surface area contributed by atoms with Crippen molar-refractivity contribution in [2.24, 2.45) is 5.16 Å². The molecule has 0 radical (unpaired) electrons. The van der Waals surface area contributed by atoms with E-state index in [1.165, 1.54) is 31.0 Å². The van der Waals surface area contributed by atoms with E-state index in [4.69, 9.17) is 16.4 Å². The third kappa shape index (κ3) is 7.10. The Kier molecular flexibility index (Phi) is 11.9. The van der Waals surface area contributed by atoms with Crippen LogP contribution in [0, 0.1) is 0 Å². The summed E-state index contributed by atoms with van der Waals surface area (Å²) in [5.74, 6) is 1.13. The van der Waals surface area contributed by atoms with Crippen LogP contribution in [-0.2, 0) is 24.0 Å². The Morgan fingerprint density at radius 2 is 2.02 bits per heavy atom. The normalized spacial score (nSPS) is 18.6. The van der Waals surface area contributed by atoms with Gasteiger partial charge in [0.1, 0.15) is 17.1 Å². The van der Waals surface area contributed by atoms with Crippen molar-refractivity contribution in [3.63, 3.8) is 0 Å². The summed E-state index contributed by atoms with van der Waals surface area (Å²) >= 11 is 3.29. The zero-order valence-corrected chi connectivity index (χ0v) is 28.0. The minimum absolute atomic E-state index is 0. The smallest absolute Gasteiger partial charge is 0.546 e. The van der Waals surface area contributed by atoms with Crippen molar-refractivity contribution in [2.45, 2.75) is 36.0 Å². The Morgan fingerprint density at radius 1 is 1.32 bits per heavy atom. The molecule has 1 fully saturated rings. The molecule has 2 aliphatic rings. The van der Waals surface area contributed by atoms with Crippen LogP contribution in [0.1, 0.15) is 19.5 Å². The molecule has 2 amide bonds. The number of aromatic nitrogens is 5. The summed E-state index contributed by atoms with van der Waals surface area (Å²) in [7, 11) is 0. The molecule has 4 rings (SSSR count). The van der Waals surface area contributed by atoms with Crippen molar-refractivity contribution in [3.8, 4) is 0 Å². The first-order valence-electron chi connectivity index (χ1n) is 10.4. The number of nitrogens with one attached hydrogen (secondary N) is 1. The quantitative estimate of drug-likeness (QED) is 0.0551. The number of fused-ring (bicyclic) bond motifs is 1. The number of hydrogen-bond acceptors (Lipinski definition) is 17. The van der Waals surface area contributed by atoms with Gasteiger partial charge in [0.05, 0.1) is 17.6 Å². The van der Waals surface area contributed by atoms with E-state index in [-0.39, 0.29) is 92.3 Å². The van der Waals surface area contributed by atoms with Crippen LogP contribution in [0.2, 0.25) is 0 Å². The van der Waals surface area contributed by atoms with Gasteiger partial charge in [-0.15, -0.1) is 27.9 Å². The minimum atomic E-state index is -1.88. The molecule has 2 atom stereocenters. The molecule has 2 aromatic heterocycles. The number of oxime groups is 1. The Balaban J connectivity index is 0.00000280. The fraction of sp³-hybridized carbons (Fsp3) is 0.389. The number of nitrogens with zero attached hydrogens (tertiary/aromatic N) is 7. The van der Waals surface area contributed by atoms with Crippen LogP contribution in [-0.4, -0.2) is 88.2 Å². The molecule has 5 N–H and O–H groups in total. The maximum Gasteiger partial charge on any atom is 1.00 e. The van der Waals surface area contributed by atoms with Crippen LogP contribution in [0.4, 0.5) is 5.13 Å². The number of β-lactam (4-membered cyclic amide) rings is 1. The number of carbonyl (C=O) groups excluding carboxylic acids is 4. The number of thiazole rings is 1. The summed E-state index contributed by atoms with van der Waals surface area (Å²) in [5, 5.41) is 40.9. The molecule has 22 heteroatoms. The number of nitrogen functional groups attached to an aromatic ring is 2. The number of carboxylic acids is 2. The average molecular weight is 629 g/mol. The van der Waals surface area contributed by atoms with Crippen LogP contribution in [0.25, 0.3) is 0 Å². The van der Waals surface area contributed by atoms with E-state index in [1.54, 1.807) is 0 Å². The van der Waals surface area contributed by atoms with Gasteiger partial charge in [0, 0.05) is 16.9 Å². The van der Waals surface area contributed by atoms with Crippen molar-refractivity contribution in [1.29, 1.82) is 0 Å². The number of aliphatic carboxylic acids is 2. The Bertz CT molecular complexity index is 1380. The van der Waals surface area contributed by atoms with Gasteiger partial charge in [-0.1, -0.05) is 22.0 Å². The maximum absolute atomic E-state index is 13.1. The number of carbonyl (C=O) groups is 4. The molecule has 17 nitrogen and oxygen atoms in total. The van der Waals surface area contributed by atoms with E-state index >= 15 is 0 Å². The molecule has 4 heterocycles. The Labute approximate surface area is 282 Å². The van der Waals surface area contributed by atoms with Crippen molar-refractivity contribution in [2.75, 3.05) is 23.1 Å². The molecule has 0 aliphatic carbocycles. The number of anilines is 1. The third-order valence-electron chi connectivity index (χ3n) is 5.20. The molecule has 2 aliphatic heterocycles. The number of thioether (sulfide) groups is 2.